The molecule has 1 aromatic rings. The fourth-order valence-corrected chi connectivity index (χ4v) is 2.25. The van der Waals surface area contributed by atoms with Crippen LogP contribution in [0.1, 0.15) is 26.3 Å². The summed E-state index contributed by atoms with van der Waals surface area (Å²) in [6.07, 6.45) is 0. The maximum Gasteiger partial charge on any atom is 0.237 e. The summed E-state index contributed by atoms with van der Waals surface area (Å²) < 4.78 is 11.0. The van der Waals surface area contributed by atoms with Crippen LogP contribution in [0.4, 0.5) is 0 Å². The third kappa shape index (κ3) is 4.41. The summed E-state index contributed by atoms with van der Waals surface area (Å²) in [6, 6.07) is 3.02. The largest absolute Gasteiger partial charge is 0.486 e. The molecule has 1 aliphatic heterocycles. The zero-order chi connectivity index (χ0) is 15.6. The SMILES string of the molecule is CC(C)(C)[C@H](N)C(=O)NCc1cc(Cl)c2c(c1)OCCO2.Cl. The monoisotopic (exact) mass is 348 g/mol. The molecular formula is C15H22Cl2N2O3. The summed E-state index contributed by atoms with van der Waals surface area (Å²) in [5.74, 6) is 0.982. The molecule has 0 saturated carbocycles. The van der Waals surface area contributed by atoms with E-state index in [0.717, 1.165) is 5.56 Å². The lowest BCUT2D eigenvalue weighted by molar-refractivity contribution is -0.124. The summed E-state index contributed by atoms with van der Waals surface area (Å²) >= 11 is 6.16. The Labute approximate surface area is 141 Å². The molecular weight excluding hydrogens is 327 g/mol. The van der Waals surface area contributed by atoms with Crippen LogP contribution in [0.15, 0.2) is 12.1 Å². The number of carbonyl (C=O) groups is 1. The van der Waals surface area contributed by atoms with E-state index in [9.17, 15) is 4.79 Å². The van der Waals surface area contributed by atoms with Crippen molar-refractivity contribution in [2.75, 3.05) is 13.2 Å². The van der Waals surface area contributed by atoms with Gasteiger partial charge in [0.25, 0.3) is 0 Å². The number of halogens is 2. The maximum atomic E-state index is 12.0. The first kappa shape index (κ1) is 18.9. The lowest BCUT2D eigenvalue weighted by Crippen LogP contribution is -2.48. The number of fused-ring (bicyclic) bond motifs is 1. The van der Waals surface area contributed by atoms with Gasteiger partial charge in [0.2, 0.25) is 5.91 Å². The van der Waals surface area contributed by atoms with Crippen LogP contribution in [0, 0.1) is 5.41 Å². The van der Waals surface area contributed by atoms with Crippen LogP contribution in [-0.2, 0) is 11.3 Å². The second-order valence-electron chi connectivity index (χ2n) is 6.16. The quantitative estimate of drug-likeness (QED) is 0.880. The highest BCUT2D eigenvalue weighted by Crippen LogP contribution is 2.38. The Morgan fingerprint density at radius 2 is 2.00 bits per heavy atom. The van der Waals surface area contributed by atoms with E-state index < -0.39 is 6.04 Å². The fourth-order valence-electron chi connectivity index (χ4n) is 1.96. The number of hydrogen-bond donors (Lipinski definition) is 2. The van der Waals surface area contributed by atoms with Crippen molar-refractivity contribution in [3.63, 3.8) is 0 Å². The summed E-state index contributed by atoms with van der Waals surface area (Å²) in [5.41, 5.74) is 6.48. The van der Waals surface area contributed by atoms with Gasteiger partial charge in [-0.1, -0.05) is 32.4 Å². The smallest absolute Gasteiger partial charge is 0.237 e. The van der Waals surface area contributed by atoms with Gasteiger partial charge < -0.3 is 20.5 Å². The molecule has 0 saturated heterocycles. The van der Waals surface area contributed by atoms with Gasteiger partial charge in [-0.2, -0.15) is 0 Å². The standard InChI is InChI=1S/C15H21ClN2O3.ClH/c1-15(2,3)13(17)14(19)18-8-9-6-10(16)12-11(7-9)20-4-5-21-12;/h6-7,13H,4-5,8,17H2,1-3H3,(H,18,19);1H/t13-;/m1./s1. The summed E-state index contributed by atoms with van der Waals surface area (Å²) in [4.78, 5) is 12.0. The molecule has 1 heterocycles. The predicted octanol–water partition coefficient (Wildman–Crippen LogP) is 2.52. The second kappa shape index (κ2) is 7.40. The molecule has 1 amide bonds. The molecule has 0 unspecified atom stereocenters. The van der Waals surface area contributed by atoms with E-state index in [2.05, 4.69) is 5.32 Å². The number of nitrogens with two attached hydrogens (primary N) is 1. The molecule has 2 rings (SSSR count). The maximum absolute atomic E-state index is 12.0. The molecule has 1 atom stereocenters. The van der Waals surface area contributed by atoms with Gasteiger partial charge in [-0.15, -0.1) is 12.4 Å². The van der Waals surface area contributed by atoms with Gasteiger partial charge >= 0.3 is 0 Å². The zero-order valence-electron chi connectivity index (χ0n) is 12.9. The Hall–Kier alpha value is -1.17. The molecule has 1 aromatic carbocycles. The van der Waals surface area contributed by atoms with Crippen molar-refractivity contribution >= 4 is 29.9 Å². The van der Waals surface area contributed by atoms with Gasteiger partial charge in [0, 0.05) is 6.54 Å². The van der Waals surface area contributed by atoms with Crippen molar-refractivity contribution < 1.29 is 14.3 Å². The highest BCUT2D eigenvalue weighted by molar-refractivity contribution is 6.32. The number of ether oxygens (including phenoxy) is 2. The fraction of sp³-hybridized carbons (Fsp3) is 0.533. The van der Waals surface area contributed by atoms with E-state index in [1.165, 1.54) is 0 Å². The van der Waals surface area contributed by atoms with Gasteiger partial charge in [0.1, 0.15) is 13.2 Å². The Kier molecular flexibility index (Phi) is 6.35. The van der Waals surface area contributed by atoms with Crippen LogP contribution in [0.3, 0.4) is 0 Å². The Balaban J connectivity index is 0.00000242. The molecule has 0 spiro atoms. The van der Waals surface area contributed by atoms with Crippen LogP contribution in [0.25, 0.3) is 0 Å². The summed E-state index contributed by atoms with van der Waals surface area (Å²) in [5, 5.41) is 3.30. The van der Waals surface area contributed by atoms with Crippen LogP contribution in [0.5, 0.6) is 11.5 Å². The number of amides is 1. The molecule has 5 nitrogen and oxygen atoms in total. The molecule has 1 aliphatic rings. The van der Waals surface area contributed by atoms with Crippen molar-refractivity contribution in [2.24, 2.45) is 11.1 Å². The zero-order valence-corrected chi connectivity index (χ0v) is 14.5. The molecule has 3 N–H and O–H groups in total. The van der Waals surface area contributed by atoms with E-state index in [4.69, 9.17) is 26.8 Å². The number of hydrogen-bond acceptors (Lipinski definition) is 4. The van der Waals surface area contributed by atoms with Crippen molar-refractivity contribution in [3.8, 4) is 11.5 Å². The van der Waals surface area contributed by atoms with Crippen LogP contribution in [0.2, 0.25) is 5.02 Å². The van der Waals surface area contributed by atoms with Crippen molar-refractivity contribution in [2.45, 2.75) is 33.4 Å². The second-order valence-corrected chi connectivity index (χ2v) is 6.57. The first-order chi connectivity index (χ1) is 9.79. The third-order valence-electron chi connectivity index (χ3n) is 3.34. The van der Waals surface area contributed by atoms with Gasteiger partial charge in [-0.25, -0.2) is 0 Å². The Morgan fingerprint density at radius 3 is 2.64 bits per heavy atom. The summed E-state index contributed by atoms with van der Waals surface area (Å²) in [7, 11) is 0. The lowest BCUT2D eigenvalue weighted by Gasteiger charge is -2.26. The average Bonchev–Trinajstić information content (AvgIpc) is 2.43. The van der Waals surface area contributed by atoms with E-state index in [0.29, 0.717) is 36.3 Å². The van der Waals surface area contributed by atoms with Gasteiger partial charge in [-0.3, -0.25) is 4.79 Å². The number of benzene rings is 1. The van der Waals surface area contributed by atoms with Crippen LogP contribution >= 0.6 is 24.0 Å². The first-order valence-electron chi connectivity index (χ1n) is 6.90. The molecule has 0 bridgehead atoms. The lowest BCUT2D eigenvalue weighted by atomic mass is 9.87. The molecule has 124 valence electrons. The minimum absolute atomic E-state index is 0. The van der Waals surface area contributed by atoms with Gasteiger partial charge in [0.05, 0.1) is 11.1 Å². The van der Waals surface area contributed by atoms with Crippen molar-refractivity contribution in [1.82, 2.24) is 5.32 Å². The molecule has 0 aromatic heterocycles. The van der Waals surface area contributed by atoms with E-state index >= 15 is 0 Å². The van der Waals surface area contributed by atoms with E-state index in [1.807, 2.05) is 26.8 Å². The number of nitrogens with one attached hydrogen (secondary N) is 1. The van der Waals surface area contributed by atoms with E-state index in [1.54, 1.807) is 6.07 Å². The van der Waals surface area contributed by atoms with Gasteiger partial charge in [0.15, 0.2) is 11.5 Å². The first-order valence-corrected chi connectivity index (χ1v) is 7.28. The number of rotatable bonds is 3. The predicted molar refractivity (Wildman–Crippen MR) is 89.0 cm³/mol. The topological polar surface area (TPSA) is 73.6 Å². The number of carbonyl (C=O) groups excluding carboxylic acids is 1. The molecule has 22 heavy (non-hydrogen) atoms. The Morgan fingerprint density at radius 1 is 1.36 bits per heavy atom. The molecule has 0 radical (unpaired) electrons. The van der Waals surface area contributed by atoms with Crippen LogP contribution in [-0.4, -0.2) is 25.2 Å². The minimum Gasteiger partial charge on any atom is -0.486 e. The van der Waals surface area contributed by atoms with Crippen molar-refractivity contribution in [3.05, 3.63) is 22.7 Å². The normalized spacial score (nSPS) is 14.8. The highest BCUT2D eigenvalue weighted by Gasteiger charge is 2.27. The molecule has 0 aliphatic carbocycles. The highest BCUT2D eigenvalue weighted by atomic mass is 35.5. The molecule has 0 fully saturated rings. The van der Waals surface area contributed by atoms with E-state index in [-0.39, 0.29) is 23.7 Å². The molecule has 7 heteroatoms. The average molecular weight is 349 g/mol. The Bertz CT molecular complexity index is 544. The van der Waals surface area contributed by atoms with Gasteiger partial charge in [-0.05, 0) is 23.1 Å². The van der Waals surface area contributed by atoms with Crippen molar-refractivity contribution in [1.29, 1.82) is 0 Å². The third-order valence-corrected chi connectivity index (χ3v) is 3.62. The van der Waals surface area contributed by atoms with Crippen LogP contribution < -0.4 is 20.5 Å². The summed E-state index contributed by atoms with van der Waals surface area (Å²) in [6.45, 7) is 7.12. The minimum atomic E-state index is -0.565.